The van der Waals surface area contributed by atoms with Gasteiger partial charge >= 0.3 is 0 Å². The van der Waals surface area contributed by atoms with Gasteiger partial charge in [0.25, 0.3) is 0 Å². The van der Waals surface area contributed by atoms with Crippen LogP contribution in [0, 0.1) is 17.6 Å². The predicted octanol–water partition coefficient (Wildman–Crippen LogP) is 3.40. The highest BCUT2D eigenvalue weighted by molar-refractivity contribution is 5.22. The molecule has 0 radical (unpaired) electrons. The lowest BCUT2D eigenvalue weighted by atomic mass is 9.98. The van der Waals surface area contributed by atoms with E-state index < -0.39 is 17.7 Å². The fourth-order valence-corrected chi connectivity index (χ4v) is 1.48. The first-order valence-corrected chi connectivity index (χ1v) is 5.22. The molecule has 1 aromatic carbocycles. The molecule has 0 fully saturated rings. The molecular weight excluding hydrogens is 196 g/mol. The van der Waals surface area contributed by atoms with Crippen LogP contribution in [0.15, 0.2) is 18.2 Å². The summed E-state index contributed by atoms with van der Waals surface area (Å²) in [5, 5.41) is 0. The van der Waals surface area contributed by atoms with E-state index in [0.29, 0.717) is 12.3 Å². The molecule has 0 bridgehead atoms. The number of nitrogens with two attached hydrogens (primary N) is 1. The Labute approximate surface area is 89.3 Å². The van der Waals surface area contributed by atoms with E-state index in [9.17, 15) is 8.78 Å². The van der Waals surface area contributed by atoms with Gasteiger partial charge in [-0.15, -0.1) is 0 Å². The summed E-state index contributed by atoms with van der Waals surface area (Å²) in [5.41, 5.74) is 6.08. The third-order valence-corrected chi connectivity index (χ3v) is 2.44. The van der Waals surface area contributed by atoms with Crippen molar-refractivity contribution < 1.29 is 8.78 Å². The summed E-state index contributed by atoms with van der Waals surface area (Å²) in [4.78, 5) is 0. The van der Waals surface area contributed by atoms with Crippen LogP contribution in [0.25, 0.3) is 0 Å². The molecule has 0 unspecified atom stereocenters. The van der Waals surface area contributed by atoms with Crippen LogP contribution in [0.1, 0.15) is 38.3 Å². The Balaban J connectivity index is 2.73. The number of hydrogen-bond donors (Lipinski definition) is 1. The SMILES string of the molecule is CC(C)CC[C@@H](N)c1cccc(F)c1F. The van der Waals surface area contributed by atoms with Gasteiger partial charge in [0.05, 0.1) is 0 Å². The monoisotopic (exact) mass is 213 g/mol. The van der Waals surface area contributed by atoms with Gasteiger partial charge in [0.15, 0.2) is 11.6 Å². The Morgan fingerprint density at radius 3 is 2.47 bits per heavy atom. The summed E-state index contributed by atoms with van der Waals surface area (Å²) < 4.78 is 26.2. The van der Waals surface area contributed by atoms with Crippen LogP contribution in [-0.4, -0.2) is 0 Å². The highest BCUT2D eigenvalue weighted by Crippen LogP contribution is 2.22. The zero-order valence-corrected chi connectivity index (χ0v) is 9.13. The molecule has 2 N–H and O–H groups in total. The van der Waals surface area contributed by atoms with Crippen molar-refractivity contribution in [3.05, 3.63) is 35.4 Å². The van der Waals surface area contributed by atoms with Gasteiger partial charge in [-0.25, -0.2) is 8.78 Å². The molecule has 84 valence electrons. The zero-order chi connectivity index (χ0) is 11.4. The molecule has 0 aliphatic carbocycles. The van der Waals surface area contributed by atoms with E-state index in [-0.39, 0.29) is 5.56 Å². The van der Waals surface area contributed by atoms with E-state index in [1.54, 1.807) is 6.07 Å². The van der Waals surface area contributed by atoms with Gasteiger partial charge in [-0.05, 0) is 24.8 Å². The summed E-state index contributed by atoms with van der Waals surface area (Å²) in [6, 6.07) is 3.73. The van der Waals surface area contributed by atoms with Crippen molar-refractivity contribution in [3.63, 3.8) is 0 Å². The Bertz CT molecular complexity index is 323. The van der Waals surface area contributed by atoms with Gasteiger partial charge in [0.1, 0.15) is 0 Å². The van der Waals surface area contributed by atoms with Crippen molar-refractivity contribution >= 4 is 0 Å². The molecule has 0 saturated heterocycles. The Morgan fingerprint density at radius 1 is 1.20 bits per heavy atom. The van der Waals surface area contributed by atoms with Crippen molar-refractivity contribution in [2.75, 3.05) is 0 Å². The van der Waals surface area contributed by atoms with Crippen LogP contribution in [0.2, 0.25) is 0 Å². The lowest BCUT2D eigenvalue weighted by Crippen LogP contribution is -2.13. The van der Waals surface area contributed by atoms with Crippen LogP contribution in [0.5, 0.6) is 0 Å². The van der Waals surface area contributed by atoms with Crippen molar-refractivity contribution in [2.24, 2.45) is 11.7 Å². The van der Waals surface area contributed by atoms with Crippen LogP contribution in [0.3, 0.4) is 0 Å². The summed E-state index contributed by atoms with van der Waals surface area (Å²) in [5.74, 6) is -1.12. The van der Waals surface area contributed by atoms with Crippen molar-refractivity contribution in [2.45, 2.75) is 32.7 Å². The normalized spacial score (nSPS) is 13.2. The lowest BCUT2D eigenvalue weighted by Gasteiger charge is -2.14. The van der Waals surface area contributed by atoms with E-state index in [0.717, 1.165) is 12.5 Å². The molecule has 1 rings (SSSR count). The molecule has 0 aliphatic heterocycles. The second kappa shape index (κ2) is 5.21. The smallest absolute Gasteiger partial charge is 0.163 e. The maximum absolute atomic E-state index is 13.3. The van der Waals surface area contributed by atoms with Crippen molar-refractivity contribution in [1.29, 1.82) is 0 Å². The van der Waals surface area contributed by atoms with Crippen LogP contribution in [-0.2, 0) is 0 Å². The maximum atomic E-state index is 13.3. The molecule has 1 atom stereocenters. The maximum Gasteiger partial charge on any atom is 0.163 e. The highest BCUT2D eigenvalue weighted by atomic mass is 19.2. The highest BCUT2D eigenvalue weighted by Gasteiger charge is 2.14. The minimum absolute atomic E-state index is 0.274. The van der Waals surface area contributed by atoms with Gasteiger partial charge in [0, 0.05) is 11.6 Å². The minimum Gasteiger partial charge on any atom is -0.324 e. The van der Waals surface area contributed by atoms with E-state index in [2.05, 4.69) is 13.8 Å². The number of halogens is 2. The van der Waals surface area contributed by atoms with Gasteiger partial charge in [0.2, 0.25) is 0 Å². The molecule has 0 saturated carbocycles. The summed E-state index contributed by atoms with van der Waals surface area (Å²) in [7, 11) is 0. The van der Waals surface area contributed by atoms with Gasteiger partial charge in [-0.2, -0.15) is 0 Å². The summed E-state index contributed by atoms with van der Waals surface area (Å²) >= 11 is 0. The largest absolute Gasteiger partial charge is 0.324 e. The number of benzene rings is 1. The predicted molar refractivity (Wildman–Crippen MR) is 57.4 cm³/mol. The number of hydrogen-bond acceptors (Lipinski definition) is 1. The first-order chi connectivity index (χ1) is 7.02. The molecule has 0 heterocycles. The quantitative estimate of drug-likeness (QED) is 0.815. The molecule has 0 spiro atoms. The zero-order valence-electron chi connectivity index (χ0n) is 9.13. The second-order valence-electron chi connectivity index (χ2n) is 4.22. The summed E-state index contributed by atoms with van der Waals surface area (Å²) in [6.45, 7) is 4.16. The molecule has 1 nitrogen and oxygen atoms in total. The van der Waals surface area contributed by atoms with Crippen LogP contribution < -0.4 is 5.73 Å². The second-order valence-corrected chi connectivity index (χ2v) is 4.22. The Morgan fingerprint density at radius 2 is 1.87 bits per heavy atom. The van der Waals surface area contributed by atoms with Crippen molar-refractivity contribution in [1.82, 2.24) is 0 Å². The first-order valence-electron chi connectivity index (χ1n) is 5.22. The van der Waals surface area contributed by atoms with E-state index in [4.69, 9.17) is 5.73 Å². The number of rotatable bonds is 4. The lowest BCUT2D eigenvalue weighted by molar-refractivity contribution is 0.463. The van der Waals surface area contributed by atoms with E-state index in [1.807, 2.05) is 0 Å². The topological polar surface area (TPSA) is 26.0 Å². The van der Waals surface area contributed by atoms with Gasteiger partial charge in [-0.3, -0.25) is 0 Å². The molecule has 0 aliphatic rings. The average Bonchev–Trinajstić information content (AvgIpc) is 2.18. The fourth-order valence-electron chi connectivity index (χ4n) is 1.48. The standard InChI is InChI=1S/C12H17F2N/c1-8(2)6-7-11(15)9-4-3-5-10(13)12(9)14/h3-5,8,11H,6-7,15H2,1-2H3/t11-/m1/s1. The third-order valence-electron chi connectivity index (χ3n) is 2.44. The molecule has 0 amide bonds. The molecule has 0 aromatic heterocycles. The summed E-state index contributed by atoms with van der Waals surface area (Å²) in [6.07, 6.45) is 1.59. The fraction of sp³-hybridized carbons (Fsp3) is 0.500. The third kappa shape index (κ3) is 3.27. The molecule has 15 heavy (non-hydrogen) atoms. The van der Waals surface area contributed by atoms with Gasteiger partial charge < -0.3 is 5.73 Å². The van der Waals surface area contributed by atoms with Crippen molar-refractivity contribution in [3.8, 4) is 0 Å². The van der Waals surface area contributed by atoms with Crippen LogP contribution >= 0.6 is 0 Å². The Hall–Kier alpha value is -0.960. The molecule has 3 heteroatoms. The molecular formula is C12H17F2N. The van der Waals surface area contributed by atoms with Gasteiger partial charge in [-0.1, -0.05) is 26.0 Å². The minimum atomic E-state index is -0.826. The van der Waals surface area contributed by atoms with E-state index in [1.165, 1.54) is 6.07 Å². The first kappa shape index (κ1) is 12.1. The van der Waals surface area contributed by atoms with Crippen LogP contribution in [0.4, 0.5) is 8.78 Å². The average molecular weight is 213 g/mol. The van der Waals surface area contributed by atoms with E-state index >= 15 is 0 Å². The Kier molecular flexibility index (Phi) is 4.21. The molecule has 1 aromatic rings.